The first-order valence-corrected chi connectivity index (χ1v) is 8.71. The molecule has 0 fully saturated rings. The van der Waals surface area contributed by atoms with Crippen LogP contribution in [0.1, 0.15) is 18.1 Å². The molecule has 0 aliphatic rings. The predicted octanol–water partition coefficient (Wildman–Crippen LogP) is 4.78. The van der Waals surface area contributed by atoms with Crippen LogP contribution in [0.4, 0.5) is 5.69 Å². The van der Waals surface area contributed by atoms with E-state index in [0.29, 0.717) is 16.3 Å². The number of hydrogen-bond acceptors (Lipinski definition) is 4. The van der Waals surface area contributed by atoms with E-state index in [4.69, 9.17) is 27.9 Å². The summed E-state index contributed by atoms with van der Waals surface area (Å²) < 4.78 is 5.09. The molecule has 1 amide bonds. The average molecular weight is 403 g/mol. The Bertz CT molecular complexity index is 931. The molecule has 0 heterocycles. The standard InChI is InChI=1S/C20H16Cl2N2O3/c1-12-3-5-14(6-4-12)9-15(11-23)20(26)27-13(2)19(25)24-18-8-7-16(21)10-17(18)22/h3-10,13H,1-2H3,(H,24,25)/b15-9+/t13-/m1/s1. The molecule has 0 aliphatic heterocycles. The summed E-state index contributed by atoms with van der Waals surface area (Å²) in [5, 5.41) is 12.4. The summed E-state index contributed by atoms with van der Waals surface area (Å²) in [6.45, 7) is 3.33. The van der Waals surface area contributed by atoms with E-state index < -0.39 is 18.0 Å². The van der Waals surface area contributed by atoms with Crippen molar-refractivity contribution in [2.24, 2.45) is 0 Å². The van der Waals surface area contributed by atoms with Gasteiger partial charge in [0.05, 0.1) is 10.7 Å². The highest BCUT2D eigenvalue weighted by atomic mass is 35.5. The van der Waals surface area contributed by atoms with E-state index in [2.05, 4.69) is 5.32 Å². The number of benzene rings is 2. The second-order valence-corrected chi connectivity index (χ2v) is 6.59. The number of rotatable bonds is 5. The minimum atomic E-state index is -1.13. The molecule has 27 heavy (non-hydrogen) atoms. The van der Waals surface area contributed by atoms with Crippen LogP contribution >= 0.6 is 23.2 Å². The normalized spacial score (nSPS) is 12.0. The first kappa shape index (κ1) is 20.5. The summed E-state index contributed by atoms with van der Waals surface area (Å²) in [5.41, 5.74) is 1.87. The predicted molar refractivity (Wildman–Crippen MR) is 105 cm³/mol. The molecule has 7 heteroatoms. The minimum Gasteiger partial charge on any atom is -0.448 e. The number of carbonyl (C=O) groups is 2. The third kappa shape index (κ3) is 5.85. The third-order valence-corrected chi connectivity index (χ3v) is 4.12. The van der Waals surface area contributed by atoms with Gasteiger partial charge in [-0.25, -0.2) is 4.79 Å². The van der Waals surface area contributed by atoms with Crippen LogP contribution in [0.5, 0.6) is 0 Å². The lowest BCUT2D eigenvalue weighted by molar-refractivity contribution is -0.148. The minimum absolute atomic E-state index is 0.206. The van der Waals surface area contributed by atoms with Gasteiger partial charge in [0.1, 0.15) is 11.6 Å². The van der Waals surface area contributed by atoms with E-state index in [9.17, 15) is 14.9 Å². The van der Waals surface area contributed by atoms with Gasteiger partial charge < -0.3 is 10.1 Å². The van der Waals surface area contributed by atoms with Gasteiger partial charge >= 0.3 is 5.97 Å². The van der Waals surface area contributed by atoms with Crippen LogP contribution in [0, 0.1) is 18.3 Å². The van der Waals surface area contributed by atoms with Crippen molar-refractivity contribution in [3.63, 3.8) is 0 Å². The van der Waals surface area contributed by atoms with Crippen LogP contribution in [0.15, 0.2) is 48.0 Å². The molecule has 0 bridgehead atoms. The Hall–Kier alpha value is -2.81. The zero-order valence-electron chi connectivity index (χ0n) is 14.6. The van der Waals surface area contributed by atoms with Gasteiger partial charge in [-0.2, -0.15) is 5.26 Å². The summed E-state index contributed by atoms with van der Waals surface area (Å²) >= 11 is 11.8. The fourth-order valence-corrected chi connectivity index (χ4v) is 2.52. The van der Waals surface area contributed by atoms with Gasteiger partial charge in [0, 0.05) is 5.02 Å². The average Bonchev–Trinajstić information content (AvgIpc) is 2.63. The zero-order valence-corrected chi connectivity index (χ0v) is 16.1. The van der Waals surface area contributed by atoms with Crippen LogP contribution in [-0.4, -0.2) is 18.0 Å². The van der Waals surface area contributed by atoms with Gasteiger partial charge in [0.15, 0.2) is 6.10 Å². The lowest BCUT2D eigenvalue weighted by Gasteiger charge is -2.14. The van der Waals surface area contributed by atoms with Crippen molar-refractivity contribution >= 4 is 46.8 Å². The molecule has 0 aromatic heterocycles. The Balaban J connectivity index is 2.05. The molecular weight excluding hydrogens is 387 g/mol. The van der Waals surface area contributed by atoms with Crippen LogP contribution in [0.25, 0.3) is 6.08 Å². The van der Waals surface area contributed by atoms with Crippen molar-refractivity contribution in [3.8, 4) is 6.07 Å². The van der Waals surface area contributed by atoms with Crippen LogP contribution in [0.3, 0.4) is 0 Å². The highest BCUT2D eigenvalue weighted by molar-refractivity contribution is 6.36. The van der Waals surface area contributed by atoms with E-state index in [-0.39, 0.29) is 10.6 Å². The molecule has 2 rings (SSSR count). The first-order chi connectivity index (χ1) is 12.8. The van der Waals surface area contributed by atoms with Gasteiger partial charge in [-0.15, -0.1) is 0 Å². The second-order valence-electron chi connectivity index (χ2n) is 5.74. The van der Waals surface area contributed by atoms with Gasteiger partial charge in [0.2, 0.25) is 0 Å². The summed E-state index contributed by atoms with van der Waals surface area (Å²) in [4.78, 5) is 24.4. The van der Waals surface area contributed by atoms with Crippen molar-refractivity contribution in [3.05, 3.63) is 69.2 Å². The van der Waals surface area contributed by atoms with Crippen molar-refractivity contribution in [2.75, 3.05) is 5.32 Å². The third-order valence-electron chi connectivity index (χ3n) is 3.57. The maximum absolute atomic E-state index is 12.2. The number of halogens is 2. The quantitative estimate of drug-likeness (QED) is 0.443. The highest BCUT2D eigenvalue weighted by Crippen LogP contribution is 2.25. The molecule has 5 nitrogen and oxygen atoms in total. The number of hydrogen-bond donors (Lipinski definition) is 1. The Morgan fingerprint density at radius 1 is 1.19 bits per heavy atom. The molecule has 0 saturated carbocycles. The van der Waals surface area contributed by atoms with Crippen molar-refractivity contribution in [1.29, 1.82) is 5.26 Å². The molecule has 138 valence electrons. The maximum atomic E-state index is 12.2. The van der Waals surface area contributed by atoms with Crippen molar-refractivity contribution < 1.29 is 14.3 Å². The first-order valence-electron chi connectivity index (χ1n) is 7.95. The smallest absolute Gasteiger partial charge is 0.349 e. The number of nitrogens with one attached hydrogen (secondary N) is 1. The molecule has 0 saturated heterocycles. The van der Waals surface area contributed by atoms with Gasteiger partial charge in [0.25, 0.3) is 5.91 Å². The largest absolute Gasteiger partial charge is 0.448 e. The summed E-state index contributed by atoms with van der Waals surface area (Å²) in [6, 6.07) is 13.6. The Labute approximate surface area is 167 Å². The molecular formula is C20H16Cl2N2O3. The number of aryl methyl sites for hydroxylation is 1. The highest BCUT2D eigenvalue weighted by Gasteiger charge is 2.21. The molecule has 0 unspecified atom stereocenters. The number of carbonyl (C=O) groups excluding carboxylic acids is 2. The van der Waals surface area contributed by atoms with Gasteiger partial charge in [-0.3, -0.25) is 4.79 Å². The summed E-state index contributed by atoms with van der Waals surface area (Å²) in [7, 11) is 0. The fourth-order valence-electron chi connectivity index (χ4n) is 2.07. The van der Waals surface area contributed by atoms with Crippen molar-refractivity contribution in [1.82, 2.24) is 0 Å². The van der Waals surface area contributed by atoms with Crippen LogP contribution < -0.4 is 5.32 Å². The number of anilines is 1. The van der Waals surface area contributed by atoms with Crippen LogP contribution in [-0.2, 0) is 14.3 Å². The Kier molecular flexibility index (Phi) is 7.00. The van der Waals surface area contributed by atoms with E-state index in [1.807, 2.05) is 19.1 Å². The molecule has 1 atom stereocenters. The SMILES string of the molecule is Cc1ccc(/C=C(\C#N)C(=O)O[C@H](C)C(=O)Nc2ccc(Cl)cc2Cl)cc1. The number of ether oxygens (including phenoxy) is 1. The van der Waals surface area contributed by atoms with E-state index in [1.165, 1.54) is 25.1 Å². The molecule has 1 N–H and O–H groups in total. The lowest BCUT2D eigenvalue weighted by Crippen LogP contribution is -2.30. The van der Waals surface area contributed by atoms with Crippen LogP contribution in [0.2, 0.25) is 10.0 Å². The zero-order chi connectivity index (χ0) is 20.0. The molecule has 2 aromatic carbocycles. The van der Waals surface area contributed by atoms with E-state index in [1.54, 1.807) is 24.3 Å². The fraction of sp³-hybridized carbons (Fsp3) is 0.150. The number of nitrogens with zero attached hydrogens (tertiary/aromatic N) is 1. The Morgan fingerprint density at radius 3 is 2.44 bits per heavy atom. The molecule has 2 aromatic rings. The number of amides is 1. The monoisotopic (exact) mass is 402 g/mol. The summed E-state index contributed by atoms with van der Waals surface area (Å²) in [6.07, 6.45) is 0.279. The summed E-state index contributed by atoms with van der Waals surface area (Å²) in [5.74, 6) is -1.47. The van der Waals surface area contributed by atoms with E-state index in [0.717, 1.165) is 5.56 Å². The second kappa shape index (κ2) is 9.22. The topological polar surface area (TPSA) is 79.2 Å². The molecule has 0 spiro atoms. The lowest BCUT2D eigenvalue weighted by atomic mass is 10.1. The number of nitriles is 1. The van der Waals surface area contributed by atoms with E-state index >= 15 is 0 Å². The van der Waals surface area contributed by atoms with Gasteiger partial charge in [-0.05, 0) is 43.7 Å². The van der Waals surface area contributed by atoms with Crippen molar-refractivity contribution in [2.45, 2.75) is 20.0 Å². The molecule has 0 radical (unpaired) electrons. The maximum Gasteiger partial charge on any atom is 0.349 e. The number of esters is 1. The van der Waals surface area contributed by atoms with Gasteiger partial charge in [-0.1, -0.05) is 53.0 Å². The molecule has 0 aliphatic carbocycles. The Morgan fingerprint density at radius 2 is 1.85 bits per heavy atom.